The highest BCUT2D eigenvalue weighted by Gasteiger charge is 2.25. The second kappa shape index (κ2) is 9.87. The van der Waals surface area contributed by atoms with Crippen LogP contribution < -0.4 is 5.32 Å². The lowest BCUT2D eigenvalue weighted by molar-refractivity contribution is -0.134. The normalized spacial score (nSPS) is 16.1. The molecule has 1 aliphatic rings. The maximum absolute atomic E-state index is 12.6. The first-order chi connectivity index (χ1) is 11.0. The van der Waals surface area contributed by atoms with Crippen LogP contribution in [0.3, 0.4) is 0 Å². The van der Waals surface area contributed by atoms with E-state index in [1.165, 1.54) is 0 Å². The molecule has 1 N–H and O–H groups in total. The highest BCUT2D eigenvalue weighted by molar-refractivity contribution is 6.30. The molecular weight excluding hydrogens is 349 g/mol. The number of benzene rings is 1. The van der Waals surface area contributed by atoms with Crippen LogP contribution in [-0.4, -0.2) is 61.4 Å². The van der Waals surface area contributed by atoms with Crippen LogP contribution in [0.15, 0.2) is 24.3 Å². The van der Waals surface area contributed by atoms with E-state index in [4.69, 9.17) is 11.6 Å². The molecule has 0 radical (unpaired) electrons. The predicted molar refractivity (Wildman–Crippen MR) is 98.9 cm³/mol. The average Bonchev–Trinajstić information content (AvgIpc) is 2.79. The number of amides is 2. The van der Waals surface area contributed by atoms with Crippen molar-refractivity contribution in [1.82, 2.24) is 15.1 Å². The van der Waals surface area contributed by atoms with Crippen LogP contribution in [-0.2, 0) is 4.79 Å². The van der Waals surface area contributed by atoms with Crippen LogP contribution in [0, 0.1) is 5.92 Å². The summed E-state index contributed by atoms with van der Waals surface area (Å²) in [5, 5.41) is 3.59. The fourth-order valence-electron chi connectivity index (χ4n) is 2.85. The van der Waals surface area contributed by atoms with Gasteiger partial charge in [-0.05, 0) is 31.7 Å². The van der Waals surface area contributed by atoms with Crippen molar-refractivity contribution < 1.29 is 9.59 Å². The molecule has 24 heavy (non-hydrogen) atoms. The summed E-state index contributed by atoms with van der Waals surface area (Å²) < 4.78 is 0. The van der Waals surface area contributed by atoms with E-state index in [0.29, 0.717) is 43.3 Å². The number of carbonyl (C=O) groups is 2. The standard InChI is InChI=1S/C17H24ClN3O2.ClH/c1-13(12-19-2)16(22)20-7-4-8-21(10-9-20)17(23)14-5-3-6-15(18)11-14;/h3,5-6,11,13,19H,4,7-10,12H2,1-2H3;1H. The van der Waals surface area contributed by atoms with Gasteiger partial charge in [0.15, 0.2) is 0 Å². The van der Waals surface area contributed by atoms with Crippen molar-refractivity contribution in [2.75, 3.05) is 39.8 Å². The lowest BCUT2D eigenvalue weighted by Crippen LogP contribution is -2.41. The van der Waals surface area contributed by atoms with E-state index in [0.717, 1.165) is 6.42 Å². The van der Waals surface area contributed by atoms with Crippen molar-refractivity contribution >= 4 is 35.8 Å². The fourth-order valence-corrected chi connectivity index (χ4v) is 3.04. The Morgan fingerprint density at radius 3 is 2.54 bits per heavy atom. The van der Waals surface area contributed by atoms with Gasteiger partial charge in [-0.15, -0.1) is 12.4 Å². The number of nitrogens with zero attached hydrogens (tertiary/aromatic N) is 2. The second-order valence-electron chi connectivity index (χ2n) is 5.94. The maximum atomic E-state index is 12.6. The van der Waals surface area contributed by atoms with Gasteiger partial charge in [0.1, 0.15) is 0 Å². The van der Waals surface area contributed by atoms with Gasteiger partial charge < -0.3 is 15.1 Å². The highest BCUT2D eigenvalue weighted by atomic mass is 35.5. The summed E-state index contributed by atoms with van der Waals surface area (Å²) in [5.41, 5.74) is 0.598. The Hall–Kier alpha value is -1.30. The molecule has 1 aromatic rings. The van der Waals surface area contributed by atoms with Crippen molar-refractivity contribution in [2.24, 2.45) is 5.92 Å². The van der Waals surface area contributed by atoms with Gasteiger partial charge in [0.2, 0.25) is 5.91 Å². The molecule has 1 fully saturated rings. The van der Waals surface area contributed by atoms with Gasteiger partial charge in [-0.25, -0.2) is 0 Å². The minimum atomic E-state index is -0.0461. The zero-order chi connectivity index (χ0) is 16.8. The van der Waals surface area contributed by atoms with Gasteiger partial charge in [0.05, 0.1) is 0 Å². The van der Waals surface area contributed by atoms with Gasteiger partial charge >= 0.3 is 0 Å². The Bertz CT molecular complexity index is 569. The summed E-state index contributed by atoms with van der Waals surface area (Å²) in [5.74, 6) is 0.0802. The molecule has 7 heteroatoms. The minimum Gasteiger partial charge on any atom is -0.341 e. The van der Waals surface area contributed by atoms with Gasteiger partial charge in [0, 0.05) is 49.2 Å². The first kappa shape index (κ1) is 20.7. The molecule has 1 saturated heterocycles. The van der Waals surface area contributed by atoms with Crippen LogP contribution in [0.2, 0.25) is 5.02 Å². The first-order valence-corrected chi connectivity index (χ1v) is 8.39. The number of carbonyl (C=O) groups excluding carboxylic acids is 2. The van der Waals surface area contributed by atoms with Gasteiger partial charge in [-0.1, -0.05) is 24.6 Å². The summed E-state index contributed by atoms with van der Waals surface area (Å²) in [6.45, 7) is 5.10. The molecule has 1 atom stereocenters. The van der Waals surface area contributed by atoms with E-state index in [9.17, 15) is 9.59 Å². The van der Waals surface area contributed by atoms with E-state index < -0.39 is 0 Å². The minimum absolute atomic E-state index is 0. The molecule has 2 rings (SSSR count). The molecule has 0 saturated carbocycles. The monoisotopic (exact) mass is 373 g/mol. The van der Waals surface area contributed by atoms with Gasteiger partial charge in [-0.3, -0.25) is 9.59 Å². The van der Waals surface area contributed by atoms with Crippen LogP contribution in [0.25, 0.3) is 0 Å². The van der Waals surface area contributed by atoms with Crippen LogP contribution in [0.1, 0.15) is 23.7 Å². The van der Waals surface area contributed by atoms with E-state index in [-0.39, 0.29) is 30.1 Å². The Labute approximate surface area is 154 Å². The number of hydrogen-bond donors (Lipinski definition) is 1. The number of halogens is 2. The van der Waals surface area contributed by atoms with Crippen molar-refractivity contribution in [1.29, 1.82) is 0 Å². The maximum Gasteiger partial charge on any atom is 0.253 e. The van der Waals surface area contributed by atoms with Crippen molar-refractivity contribution in [3.63, 3.8) is 0 Å². The van der Waals surface area contributed by atoms with Crippen molar-refractivity contribution in [3.8, 4) is 0 Å². The smallest absolute Gasteiger partial charge is 0.253 e. The fraction of sp³-hybridized carbons (Fsp3) is 0.529. The Balaban J connectivity index is 0.00000288. The third-order valence-electron chi connectivity index (χ3n) is 4.10. The Morgan fingerprint density at radius 1 is 1.21 bits per heavy atom. The average molecular weight is 374 g/mol. The largest absolute Gasteiger partial charge is 0.341 e. The SMILES string of the molecule is CNCC(C)C(=O)N1CCCN(C(=O)c2cccc(Cl)c2)CC1.Cl. The van der Waals surface area contributed by atoms with Crippen LogP contribution in [0.4, 0.5) is 0 Å². The molecule has 1 aromatic carbocycles. The first-order valence-electron chi connectivity index (χ1n) is 8.01. The topological polar surface area (TPSA) is 52.7 Å². The van der Waals surface area contributed by atoms with E-state index in [2.05, 4.69) is 5.32 Å². The predicted octanol–water partition coefficient (Wildman–Crippen LogP) is 2.29. The molecule has 1 unspecified atom stereocenters. The van der Waals surface area contributed by atoms with Crippen molar-refractivity contribution in [3.05, 3.63) is 34.9 Å². The third kappa shape index (κ3) is 5.36. The summed E-state index contributed by atoms with van der Waals surface area (Å²) in [7, 11) is 1.84. The zero-order valence-corrected chi connectivity index (χ0v) is 15.7. The second-order valence-corrected chi connectivity index (χ2v) is 6.38. The van der Waals surface area contributed by atoms with Gasteiger partial charge in [0.25, 0.3) is 5.91 Å². The summed E-state index contributed by atoms with van der Waals surface area (Å²) >= 11 is 5.96. The molecule has 0 aromatic heterocycles. The molecule has 0 spiro atoms. The van der Waals surface area contributed by atoms with E-state index >= 15 is 0 Å². The number of nitrogens with one attached hydrogen (secondary N) is 1. The lowest BCUT2D eigenvalue weighted by Gasteiger charge is -2.24. The molecule has 134 valence electrons. The molecule has 1 heterocycles. The van der Waals surface area contributed by atoms with Crippen molar-refractivity contribution in [2.45, 2.75) is 13.3 Å². The Kier molecular flexibility index (Phi) is 8.53. The van der Waals surface area contributed by atoms with Gasteiger partial charge in [-0.2, -0.15) is 0 Å². The number of hydrogen-bond acceptors (Lipinski definition) is 3. The quantitative estimate of drug-likeness (QED) is 0.880. The molecule has 2 amide bonds. The third-order valence-corrected chi connectivity index (χ3v) is 4.33. The van der Waals surface area contributed by atoms with E-state index in [1.807, 2.05) is 23.8 Å². The molecule has 1 aliphatic heterocycles. The summed E-state index contributed by atoms with van der Waals surface area (Å²) in [4.78, 5) is 28.6. The van der Waals surface area contributed by atoms with Crippen LogP contribution in [0.5, 0.6) is 0 Å². The summed E-state index contributed by atoms with van der Waals surface area (Å²) in [6.07, 6.45) is 0.796. The van der Waals surface area contributed by atoms with E-state index in [1.54, 1.807) is 24.3 Å². The number of rotatable bonds is 4. The molecule has 0 aliphatic carbocycles. The highest BCUT2D eigenvalue weighted by Crippen LogP contribution is 2.15. The lowest BCUT2D eigenvalue weighted by atomic mass is 10.1. The molecule has 5 nitrogen and oxygen atoms in total. The zero-order valence-electron chi connectivity index (χ0n) is 14.1. The molecular formula is C17H25Cl2N3O2. The molecule has 0 bridgehead atoms. The van der Waals surface area contributed by atoms with Crippen LogP contribution >= 0.6 is 24.0 Å². The summed E-state index contributed by atoms with van der Waals surface area (Å²) in [6, 6.07) is 7.00. The Morgan fingerprint density at radius 2 is 1.88 bits per heavy atom.